The quantitative estimate of drug-likeness (QED) is 0.746. The van der Waals surface area contributed by atoms with E-state index in [4.69, 9.17) is 5.11 Å². The topological polar surface area (TPSA) is 40.5 Å². The molecule has 0 spiro atoms. The van der Waals surface area contributed by atoms with Crippen LogP contribution in [0.15, 0.2) is 24.3 Å². The van der Waals surface area contributed by atoms with Gasteiger partial charge in [0.1, 0.15) is 5.82 Å². The number of halogens is 1. The van der Waals surface area contributed by atoms with E-state index in [9.17, 15) is 9.18 Å². The van der Waals surface area contributed by atoms with Crippen molar-refractivity contribution in [3.8, 4) is 0 Å². The van der Waals surface area contributed by atoms with Gasteiger partial charge < -0.3 is 5.11 Å². The summed E-state index contributed by atoms with van der Waals surface area (Å²) in [5.41, 5.74) is 0.675. The molecule has 0 atom stereocenters. The number of carboxylic acid groups (broad SMARTS) is 1. The first kappa shape index (κ1) is 15.6. The highest BCUT2D eigenvalue weighted by molar-refractivity contribution is 5.66. The van der Waals surface area contributed by atoms with Crippen LogP contribution in [0, 0.1) is 5.82 Å². The summed E-state index contributed by atoms with van der Waals surface area (Å²) < 4.78 is 13.6. The monoisotopic (exact) mass is 267 g/mol. The lowest BCUT2D eigenvalue weighted by Crippen LogP contribution is -2.26. The predicted molar refractivity (Wildman–Crippen MR) is 73.5 cm³/mol. The van der Waals surface area contributed by atoms with Crippen molar-refractivity contribution in [1.29, 1.82) is 0 Å². The third-order valence-electron chi connectivity index (χ3n) is 3.04. The summed E-state index contributed by atoms with van der Waals surface area (Å²) in [6, 6.07) is 6.75. The zero-order valence-corrected chi connectivity index (χ0v) is 11.4. The maximum Gasteiger partial charge on any atom is 0.303 e. The zero-order valence-electron chi connectivity index (χ0n) is 11.4. The Morgan fingerprint density at radius 1 is 1.26 bits per heavy atom. The van der Waals surface area contributed by atoms with E-state index in [0.717, 1.165) is 19.4 Å². The largest absolute Gasteiger partial charge is 0.481 e. The maximum atomic E-state index is 13.6. The van der Waals surface area contributed by atoms with Crippen LogP contribution >= 0.6 is 0 Å². The fourth-order valence-electron chi connectivity index (χ4n) is 1.97. The van der Waals surface area contributed by atoms with E-state index in [2.05, 4.69) is 11.8 Å². The van der Waals surface area contributed by atoms with Crippen molar-refractivity contribution in [2.45, 2.75) is 39.2 Å². The molecule has 0 saturated carbocycles. The molecule has 0 unspecified atom stereocenters. The van der Waals surface area contributed by atoms with Gasteiger partial charge in [0.05, 0.1) is 0 Å². The van der Waals surface area contributed by atoms with Gasteiger partial charge in [0.15, 0.2) is 0 Å². The Labute approximate surface area is 114 Å². The van der Waals surface area contributed by atoms with Crippen LogP contribution < -0.4 is 0 Å². The van der Waals surface area contributed by atoms with Gasteiger partial charge in [0.2, 0.25) is 0 Å². The lowest BCUT2D eigenvalue weighted by Gasteiger charge is -2.22. The molecule has 106 valence electrons. The average molecular weight is 267 g/mol. The summed E-state index contributed by atoms with van der Waals surface area (Å²) in [4.78, 5) is 12.7. The van der Waals surface area contributed by atoms with Crippen LogP contribution in [0.5, 0.6) is 0 Å². The van der Waals surface area contributed by atoms with Crippen LogP contribution in [0.2, 0.25) is 0 Å². The van der Waals surface area contributed by atoms with Crippen molar-refractivity contribution in [3.05, 3.63) is 35.6 Å². The summed E-state index contributed by atoms with van der Waals surface area (Å²) in [5.74, 6) is -0.969. The van der Waals surface area contributed by atoms with Gasteiger partial charge in [-0.05, 0) is 32.0 Å². The number of unbranched alkanes of at least 4 members (excludes halogenated alkanes) is 1. The number of carbonyl (C=O) groups is 1. The number of hydrogen-bond acceptors (Lipinski definition) is 2. The second kappa shape index (κ2) is 8.64. The van der Waals surface area contributed by atoms with Gasteiger partial charge in [-0.3, -0.25) is 9.69 Å². The smallest absolute Gasteiger partial charge is 0.303 e. The summed E-state index contributed by atoms with van der Waals surface area (Å²) in [5, 5.41) is 8.66. The summed E-state index contributed by atoms with van der Waals surface area (Å²) in [7, 11) is 0. The minimum Gasteiger partial charge on any atom is -0.481 e. The molecule has 0 aliphatic rings. The molecule has 0 aliphatic carbocycles. The maximum absolute atomic E-state index is 13.6. The van der Waals surface area contributed by atoms with E-state index in [1.165, 1.54) is 6.07 Å². The van der Waals surface area contributed by atoms with Crippen LogP contribution in [0.1, 0.15) is 38.2 Å². The van der Waals surface area contributed by atoms with Crippen molar-refractivity contribution >= 4 is 5.97 Å². The van der Waals surface area contributed by atoms with Gasteiger partial charge in [0.25, 0.3) is 0 Å². The Hall–Kier alpha value is -1.42. The molecule has 19 heavy (non-hydrogen) atoms. The van der Waals surface area contributed by atoms with Gasteiger partial charge in [0, 0.05) is 18.5 Å². The SMILES string of the molecule is CCCCN(CCCC(=O)O)Cc1ccccc1F. The molecule has 0 bridgehead atoms. The molecular weight excluding hydrogens is 245 g/mol. The van der Waals surface area contributed by atoms with Crippen molar-refractivity contribution in [1.82, 2.24) is 4.90 Å². The predicted octanol–water partition coefficient (Wildman–Crippen LogP) is 3.29. The summed E-state index contributed by atoms with van der Waals surface area (Å²) in [6.07, 6.45) is 2.89. The lowest BCUT2D eigenvalue weighted by atomic mass is 10.1. The first-order valence-corrected chi connectivity index (χ1v) is 6.81. The minimum absolute atomic E-state index is 0.167. The van der Waals surface area contributed by atoms with Crippen LogP contribution in [0.4, 0.5) is 4.39 Å². The van der Waals surface area contributed by atoms with E-state index in [-0.39, 0.29) is 12.2 Å². The Balaban J connectivity index is 2.53. The molecular formula is C15H22FNO2. The summed E-state index contributed by atoms with van der Waals surface area (Å²) >= 11 is 0. The molecule has 0 radical (unpaired) electrons. The van der Waals surface area contributed by atoms with E-state index < -0.39 is 5.97 Å². The highest BCUT2D eigenvalue weighted by Crippen LogP contribution is 2.11. The Morgan fingerprint density at radius 2 is 1.95 bits per heavy atom. The molecule has 0 fully saturated rings. The van der Waals surface area contributed by atoms with Crippen molar-refractivity contribution < 1.29 is 14.3 Å². The normalized spacial score (nSPS) is 10.9. The molecule has 3 nitrogen and oxygen atoms in total. The second-order valence-electron chi connectivity index (χ2n) is 4.72. The van der Waals surface area contributed by atoms with Crippen LogP contribution in [-0.2, 0) is 11.3 Å². The van der Waals surface area contributed by atoms with E-state index >= 15 is 0 Å². The number of rotatable bonds is 9. The molecule has 0 amide bonds. The number of nitrogens with zero attached hydrogens (tertiary/aromatic N) is 1. The highest BCUT2D eigenvalue weighted by atomic mass is 19.1. The fourth-order valence-corrected chi connectivity index (χ4v) is 1.97. The van der Waals surface area contributed by atoms with Crippen LogP contribution in [0.3, 0.4) is 0 Å². The molecule has 1 rings (SSSR count). The lowest BCUT2D eigenvalue weighted by molar-refractivity contribution is -0.137. The Bertz CT molecular complexity index is 395. The molecule has 1 aromatic carbocycles. The Morgan fingerprint density at radius 3 is 2.58 bits per heavy atom. The first-order valence-electron chi connectivity index (χ1n) is 6.81. The van der Waals surface area contributed by atoms with Gasteiger partial charge in [-0.15, -0.1) is 0 Å². The zero-order chi connectivity index (χ0) is 14.1. The second-order valence-corrected chi connectivity index (χ2v) is 4.72. The van der Waals surface area contributed by atoms with Crippen LogP contribution in [-0.4, -0.2) is 29.1 Å². The van der Waals surface area contributed by atoms with E-state index in [0.29, 0.717) is 25.1 Å². The van der Waals surface area contributed by atoms with E-state index in [1.54, 1.807) is 12.1 Å². The number of hydrogen-bond donors (Lipinski definition) is 1. The molecule has 0 aliphatic heterocycles. The molecule has 0 aromatic heterocycles. The standard InChI is InChI=1S/C15H22FNO2/c1-2-3-10-17(11-6-9-15(18)19)12-13-7-4-5-8-14(13)16/h4-5,7-8H,2-3,6,9-12H2,1H3,(H,18,19). The Kier molecular flexibility index (Phi) is 7.11. The number of aliphatic carboxylic acids is 1. The molecule has 1 aromatic rings. The van der Waals surface area contributed by atoms with Gasteiger partial charge in [-0.1, -0.05) is 31.5 Å². The van der Waals surface area contributed by atoms with Crippen molar-refractivity contribution in [3.63, 3.8) is 0 Å². The molecule has 0 heterocycles. The van der Waals surface area contributed by atoms with Crippen LogP contribution in [0.25, 0.3) is 0 Å². The fraction of sp³-hybridized carbons (Fsp3) is 0.533. The third-order valence-corrected chi connectivity index (χ3v) is 3.04. The van der Waals surface area contributed by atoms with Crippen molar-refractivity contribution in [2.75, 3.05) is 13.1 Å². The van der Waals surface area contributed by atoms with E-state index in [1.807, 2.05) is 6.07 Å². The van der Waals surface area contributed by atoms with Gasteiger partial charge in [-0.25, -0.2) is 4.39 Å². The number of benzene rings is 1. The third kappa shape index (κ3) is 6.34. The molecule has 0 saturated heterocycles. The van der Waals surface area contributed by atoms with Gasteiger partial charge >= 0.3 is 5.97 Å². The first-order chi connectivity index (χ1) is 9.13. The minimum atomic E-state index is -0.777. The molecule has 4 heteroatoms. The molecule has 1 N–H and O–H groups in total. The average Bonchev–Trinajstić information content (AvgIpc) is 2.37. The van der Waals surface area contributed by atoms with Crippen molar-refractivity contribution in [2.24, 2.45) is 0 Å². The van der Waals surface area contributed by atoms with Gasteiger partial charge in [-0.2, -0.15) is 0 Å². The number of carboxylic acids is 1. The highest BCUT2D eigenvalue weighted by Gasteiger charge is 2.09. The summed E-state index contributed by atoms with van der Waals surface area (Å²) in [6.45, 7) is 4.23.